The van der Waals surface area contributed by atoms with Crippen molar-refractivity contribution in [1.29, 1.82) is 0 Å². The SMILES string of the molecule is Cc1cc(OCCNC(=O)OC(C)(C)C)c(C)cc1Br. The first-order valence-corrected chi connectivity index (χ1v) is 7.35. The number of halogens is 1. The molecule has 0 saturated heterocycles. The molecule has 1 aromatic rings. The highest BCUT2D eigenvalue weighted by molar-refractivity contribution is 9.10. The molecule has 0 aliphatic heterocycles. The fraction of sp³-hybridized carbons (Fsp3) is 0.533. The van der Waals surface area contributed by atoms with E-state index in [4.69, 9.17) is 9.47 Å². The maximum Gasteiger partial charge on any atom is 0.407 e. The molecule has 112 valence electrons. The smallest absolute Gasteiger partial charge is 0.407 e. The molecule has 0 radical (unpaired) electrons. The van der Waals surface area contributed by atoms with E-state index in [0.717, 1.165) is 21.3 Å². The van der Waals surface area contributed by atoms with Gasteiger partial charge in [0.15, 0.2) is 0 Å². The van der Waals surface area contributed by atoms with Gasteiger partial charge < -0.3 is 14.8 Å². The highest BCUT2D eigenvalue weighted by Crippen LogP contribution is 2.26. The minimum absolute atomic E-state index is 0.404. The van der Waals surface area contributed by atoms with Crippen LogP contribution in [0.25, 0.3) is 0 Å². The van der Waals surface area contributed by atoms with E-state index in [-0.39, 0.29) is 0 Å². The summed E-state index contributed by atoms with van der Waals surface area (Å²) in [4.78, 5) is 11.4. The lowest BCUT2D eigenvalue weighted by molar-refractivity contribution is 0.0520. The number of ether oxygens (including phenoxy) is 2. The van der Waals surface area contributed by atoms with Crippen LogP contribution in [0.2, 0.25) is 0 Å². The monoisotopic (exact) mass is 343 g/mol. The molecule has 20 heavy (non-hydrogen) atoms. The van der Waals surface area contributed by atoms with Crippen LogP contribution in [-0.4, -0.2) is 24.8 Å². The molecule has 0 heterocycles. The van der Waals surface area contributed by atoms with E-state index in [9.17, 15) is 4.79 Å². The maximum absolute atomic E-state index is 11.4. The molecule has 1 rings (SSSR count). The Morgan fingerprint density at radius 1 is 1.25 bits per heavy atom. The molecule has 1 aromatic carbocycles. The van der Waals surface area contributed by atoms with Crippen LogP contribution in [-0.2, 0) is 4.74 Å². The molecule has 0 fully saturated rings. The second-order valence-electron chi connectivity index (χ2n) is 5.64. The fourth-order valence-electron chi connectivity index (χ4n) is 1.54. The van der Waals surface area contributed by atoms with Crippen molar-refractivity contribution in [3.63, 3.8) is 0 Å². The largest absolute Gasteiger partial charge is 0.491 e. The molecule has 5 heteroatoms. The van der Waals surface area contributed by atoms with Crippen molar-refractivity contribution in [2.45, 2.75) is 40.2 Å². The number of carbonyl (C=O) groups is 1. The second kappa shape index (κ2) is 6.97. The number of hydrogen-bond acceptors (Lipinski definition) is 3. The first-order valence-electron chi connectivity index (χ1n) is 6.55. The van der Waals surface area contributed by atoms with Gasteiger partial charge in [-0.2, -0.15) is 0 Å². The average molecular weight is 344 g/mol. The highest BCUT2D eigenvalue weighted by atomic mass is 79.9. The lowest BCUT2D eigenvalue weighted by Gasteiger charge is -2.19. The van der Waals surface area contributed by atoms with Crippen LogP contribution in [0.4, 0.5) is 4.79 Å². The molecule has 0 bridgehead atoms. The topological polar surface area (TPSA) is 47.6 Å². The number of benzene rings is 1. The average Bonchev–Trinajstić information content (AvgIpc) is 2.28. The van der Waals surface area contributed by atoms with Gasteiger partial charge in [-0.15, -0.1) is 0 Å². The Bertz CT molecular complexity index is 481. The summed E-state index contributed by atoms with van der Waals surface area (Å²) >= 11 is 3.48. The van der Waals surface area contributed by atoms with Gasteiger partial charge in [-0.05, 0) is 57.9 Å². The van der Waals surface area contributed by atoms with E-state index in [0.29, 0.717) is 13.2 Å². The van der Waals surface area contributed by atoms with Crippen molar-refractivity contribution in [3.05, 3.63) is 27.7 Å². The van der Waals surface area contributed by atoms with Gasteiger partial charge in [-0.1, -0.05) is 15.9 Å². The van der Waals surface area contributed by atoms with Crippen LogP contribution in [0.5, 0.6) is 5.75 Å². The number of rotatable bonds is 4. The Kier molecular flexibility index (Phi) is 5.87. The third kappa shape index (κ3) is 5.82. The predicted octanol–water partition coefficient (Wildman–Crippen LogP) is 3.97. The number of aryl methyl sites for hydroxylation is 2. The van der Waals surface area contributed by atoms with E-state index >= 15 is 0 Å². The summed E-state index contributed by atoms with van der Waals surface area (Å²) in [5.41, 5.74) is 1.69. The van der Waals surface area contributed by atoms with Gasteiger partial charge in [0.25, 0.3) is 0 Å². The number of carbonyl (C=O) groups excluding carboxylic acids is 1. The third-order valence-electron chi connectivity index (χ3n) is 2.48. The molecule has 1 N–H and O–H groups in total. The molecular weight excluding hydrogens is 322 g/mol. The first-order chi connectivity index (χ1) is 9.19. The van der Waals surface area contributed by atoms with Gasteiger partial charge in [0.2, 0.25) is 0 Å². The van der Waals surface area contributed by atoms with E-state index in [2.05, 4.69) is 21.2 Å². The summed E-state index contributed by atoms with van der Waals surface area (Å²) in [7, 11) is 0. The zero-order valence-corrected chi connectivity index (χ0v) is 14.3. The number of hydrogen-bond donors (Lipinski definition) is 1. The molecule has 0 aliphatic rings. The number of amides is 1. The Morgan fingerprint density at radius 3 is 2.50 bits per heavy atom. The molecule has 1 amide bonds. The molecule has 0 atom stereocenters. The maximum atomic E-state index is 11.4. The lowest BCUT2D eigenvalue weighted by Crippen LogP contribution is -2.34. The molecule has 0 aliphatic carbocycles. The van der Waals surface area contributed by atoms with Gasteiger partial charge in [0.1, 0.15) is 18.0 Å². The second-order valence-corrected chi connectivity index (χ2v) is 6.50. The van der Waals surface area contributed by atoms with Crippen molar-refractivity contribution in [2.75, 3.05) is 13.2 Å². The molecule has 0 aromatic heterocycles. The van der Waals surface area contributed by atoms with Crippen LogP contribution < -0.4 is 10.1 Å². The number of nitrogens with one attached hydrogen (secondary N) is 1. The Hall–Kier alpha value is -1.23. The molecule has 4 nitrogen and oxygen atoms in total. The third-order valence-corrected chi connectivity index (χ3v) is 3.34. The summed E-state index contributed by atoms with van der Waals surface area (Å²) in [5.74, 6) is 0.830. The van der Waals surface area contributed by atoms with E-state index < -0.39 is 11.7 Å². The van der Waals surface area contributed by atoms with Gasteiger partial charge in [0, 0.05) is 4.47 Å². The van der Waals surface area contributed by atoms with Gasteiger partial charge in [-0.3, -0.25) is 0 Å². The normalized spacial score (nSPS) is 11.1. The van der Waals surface area contributed by atoms with Crippen LogP contribution in [0, 0.1) is 13.8 Å². The zero-order valence-electron chi connectivity index (χ0n) is 12.7. The van der Waals surface area contributed by atoms with Crippen molar-refractivity contribution < 1.29 is 14.3 Å². The summed E-state index contributed by atoms with van der Waals surface area (Å²) in [5, 5.41) is 2.66. The minimum atomic E-state index is -0.482. The predicted molar refractivity (Wildman–Crippen MR) is 83.3 cm³/mol. The van der Waals surface area contributed by atoms with E-state index in [1.54, 1.807) is 0 Å². The first kappa shape index (κ1) is 16.8. The Balaban J connectivity index is 2.38. The Labute approximate surface area is 129 Å². The Morgan fingerprint density at radius 2 is 1.90 bits per heavy atom. The molecule has 0 unspecified atom stereocenters. The quantitative estimate of drug-likeness (QED) is 0.841. The van der Waals surface area contributed by atoms with Gasteiger partial charge in [0.05, 0.1) is 6.54 Å². The van der Waals surface area contributed by atoms with Crippen LogP contribution in [0.15, 0.2) is 16.6 Å². The fourth-order valence-corrected chi connectivity index (χ4v) is 2.00. The molecule has 0 spiro atoms. The van der Waals surface area contributed by atoms with E-state index in [1.807, 2.05) is 46.8 Å². The van der Waals surface area contributed by atoms with Gasteiger partial charge >= 0.3 is 6.09 Å². The lowest BCUT2D eigenvalue weighted by atomic mass is 10.1. The molecule has 0 saturated carbocycles. The summed E-state index contributed by atoms with van der Waals surface area (Å²) in [6, 6.07) is 4.00. The van der Waals surface area contributed by atoms with Gasteiger partial charge in [-0.25, -0.2) is 4.79 Å². The van der Waals surface area contributed by atoms with Crippen molar-refractivity contribution in [2.24, 2.45) is 0 Å². The van der Waals surface area contributed by atoms with E-state index in [1.165, 1.54) is 0 Å². The van der Waals surface area contributed by atoms with Crippen LogP contribution >= 0.6 is 15.9 Å². The highest BCUT2D eigenvalue weighted by Gasteiger charge is 2.15. The standard InChI is InChI=1S/C15H22BrNO3/c1-10-9-13(11(2)8-12(10)16)19-7-6-17-14(18)20-15(3,4)5/h8-9H,6-7H2,1-5H3,(H,17,18). The summed E-state index contributed by atoms with van der Waals surface area (Å²) < 4.78 is 11.9. The summed E-state index contributed by atoms with van der Waals surface area (Å²) in [6.45, 7) is 10.3. The molecular formula is C15H22BrNO3. The summed E-state index contributed by atoms with van der Waals surface area (Å²) in [6.07, 6.45) is -0.426. The number of alkyl carbamates (subject to hydrolysis) is 1. The minimum Gasteiger partial charge on any atom is -0.491 e. The van der Waals surface area contributed by atoms with Crippen molar-refractivity contribution in [3.8, 4) is 5.75 Å². The zero-order chi connectivity index (χ0) is 15.3. The van der Waals surface area contributed by atoms with Crippen LogP contribution in [0.3, 0.4) is 0 Å². The van der Waals surface area contributed by atoms with Crippen LogP contribution in [0.1, 0.15) is 31.9 Å². The van der Waals surface area contributed by atoms with Crippen molar-refractivity contribution in [1.82, 2.24) is 5.32 Å². The van der Waals surface area contributed by atoms with Crippen molar-refractivity contribution >= 4 is 22.0 Å².